The molecular weight excluding hydrogens is 228 g/mol. The molecule has 0 heterocycles. The van der Waals surface area contributed by atoms with E-state index >= 15 is 0 Å². The molecule has 0 aliphatic carbocycles. The highest BCUT2D eigenvalue weighted by molar-refractivity contribution is 6.31. The number of amides is 1. The Kier molecular flexibility index (Phi) is 4.15. The Labute approximate surface area is 99.7 Å². The Morgan fingerprint density at radius 3 is 2.69 bits per heavy atom. The molecular formula is C11H15ClN2O2. The molecule has 0 fully saturated rings. The number of aryl methyl sites for hydroxylation is 1. The average Bonchev–Trinajstić information content (AvgIpc) is 2.22. The molecule has 0 bridgehead atoms. The zero-order valence-electron chi connectivity index (χ0n) is 9.50. The largest absolute Gasteiger partial charge is 0.495 e. The molecule has 1 atom stereocenters. The molecule has 5 heteroatoms. The van der Waals surface area contributed by atoms with Gasteiger partial charge >= 0.3 is 0 Å². The van der Waals surface area contributed by atoms with E-state index in [0.29, 0.717) is 16.5 Å². The number of hydrogen-bond acceptors (Lipinski definition) is 3. The van der Waals surface area contributed by atoms with Gasteiger partial charge in [-0.1, -0.05) is 11.6 Å². The lowest BCUT2D eigenvalue weighted by molar-refractivity contribution is -0.117. The predicted molar refractivity (Wildman–Crippen MR) is 65.0 cm³/mol. The molecule has 1 aromatic carbocycles. The summed E-state index contributed by atoms with van der Waals surface area (Å²) in [6.45, 7) is 3.47. The molecule has 0 saturated carbocycles. The number of carbonyl (C=O) groups is 1. The van der Waals surface area contributed by atoms with Crippen molar-refractivity contribution < 1.29 is 9.53 Å². The van der Waals surface area contributed by atoms with E-state index in [9.17, 15) is 4.79 Å². The highest BCUT2D eigenvalue weighted by atomic mass is 35.5. The van der Waals surface area contributed by atoms with Gasteiger partial charge in [-0.05, 0) is 25.5 Å². The molecule has 0 saturated heterocycles. The standard InChI is InChI=1S/C11H15ClN2O2/c1-6-4-9(14-11(15)7(2)13)10(16-3)5-8(6)12/h4-5,7H,13H2,1-3H3,(H,14,15)/t7-/m1/s1. The number of ether oxygens (including phenoxy) is 1. The van der Waals surface area contributed by atoms with E-state index in [4.69, 9.17) is 22.1 Å². The van der Waals surface area contributed by atoms with Crippen LogP contribution in [-0.4, -0.2) is 19.1 Å². The molecule has 1 rings (SSSR count). The van der Waals surface area contributed by atoms with Crippen LogP contribution in [0.4, 0.5) is 5.69 Å². The van der Waals surface area contributed by atoms with Gasteiger partial charge in [-0.3, -0.25) is 4.79 Å². The van der Waals surface area contributed by atoms with E-state index in [-0.39, 0.29) is 5.91 Å². The Hall–Kier alpha value is -1.26. The van der Waals surface area contributed by atoms with Gasteiger partial charge < -0.3 is 15.8 Å². The minimum Gasteiger partial charge on any atom is -0.495 e. The Balaban J connectivity index is 3.03. The van der Waals surface area contributed by atoms with Gasteiger partial charge in [0.2, 0.25) is 5.91 Å². The van der Waals surface area contributed by atoms with Crippen molar-refractivity contribution in [3.05, 3.63) is 22.7 Å². The summed E-state index contributed by atoms with van der Waals surface area (Å²) < 4.78 is 5.12. The minimum absolute atomic E-state index is 0.264. The van der Waals surface area contributed by atoms with Crippen molar-refractivity contribution in [2.24, 2.45) is 5.73 Å². The number of anilines is 1. The maximum atomic E-state index is 11.5. The van der Waals surface area contributed by atoms with Gasteiger partial charge in [-0.25, -0.2) is 0 Å². The summed E-state index contributed by atoms with van der Waals surface area (Å²) in [5, 5.41) is 3.27. The van der Waals surface area contributed by atoms with Crippen molar-refractivity contribution in [3.63, 3.8) is 0 Å². The third-order valence-corrected chi connectivity index (χ3v) is 2.56. The van der Waals surface area contributed by atoms with Crippen LogP contribution in [0.25, 0.3) is 0 Å². The number of methoxy groups -OCH3 is 1. The number of carbonyl (C=O) groups excluding carboxylic acids is 1. The fourth-order valence-corrected chi connectivity index (χ4v) is 1.33. The molecule has 0 aliphatic rings. The van der Waals surface area contributed by atoms with Gasteiger partial charge in [0.25, 0.3) is 0 Å². The van der Waals surface area contributed by atoms with Gasteiger partial charge in [-0.15, -0.1) is 0 Å². The summed E-state index contributed by atoms with van der Waals surface area (Å²) >= 11 is 5.95. The van der Waals surface area contributed by atoms with Gasteiger partial charge in [-0.2, -0.15) is 0 Å². The van der Waals surface area contributed by atoms with Gasteiger partial charge in [0, 0.05) is 11.1 Å². The first-order chi connectivity index (χ1) is 7.45. The van der Waals surface area contributed by atoms with E-state index in [1.807, 2.05) is 6.92 Å². The number of hydrogen-bond donors (Lipinski definition) is 2. The Morgan fingerprint density at radius 1 is 1.56 bits per heavy atom. The van der Waals surface area contributed by atoms with Crippen LogP contribution in [0.1, 0.15) is 12.5 Å². The second-order valence-electron chi connectivity index (χ2n) is 3.58. The van der Waals surface area contributed by atoms with Crippen LogP contribution in [-0.2, 0) is 4.79 Å². The van der Waals surface area contributed by atoms with Crippen molar-refractivity contribution in [1.29, 1.82) is 0 Å². The van der Waals surface area contributed by atoms with Crippen LogP contribution in [0.2, 0.25) is 5.02 Å². The number of nitrogens with two attached hydrogens (primary N) is 1. The normalized spacial score (nSPS) is 12.1. The van der Waals surface area contributed by atoms with E-state index in [1.165, 1.54) is 7.11 Å². The Morgan fingerprint density at radius 2 is 2.19 bits per heavy atom. The first-order valence-electron chi connectivity index (χ1n) is 4.86. The molecule has 4 nitrogen and oxygen atoms in total. The second kappa shape index (κ2) is 5.18. The maximum absolute atomic E-state index is 11.5. The van der Waals surface area contributed by atoms with Crippen molar-refractivity contribution in [2.75, 3.05) is 12.4 Å². The summed E-state index contributed by atoms with van der Waals surface area (Å²) in [4.78, 5) is 11.5. The lowest BCUT2D eigenvalue weighted by Crippen LogP contribution is -2.32. The van der Waals surface area contributed by atoms with E-state index in [0.717, 1.165) is 5.56 Å². The van der Waals surface area contributed by atoms with Crippen molar-refractivity contribution in [1.82, 2.24) is 0 Å². The molecule has 1 aromatic rings. The van der Waals surface area contributed by atoms with Crippen LogP contribution in [0.15, 0.2) is 12.1 Å². The first kappa shape index (κ1) is 12.8. The smallest absolute Gasteiger partial charge is 0.241 e. The van der Waals surface area contributed by atoms with Crippen LogP contribution in [0, 0.1) is 6.92 Å². The van der Waals surface area contributed by atoms with Crippen LogP contribution in [0.5, 0.6) is 5.75 Å². The quantitative estimate of drug-likeness (QED) is 0.852. The molecule has 0 aromatic heterocycles. The molecule has 0 radical (unpaired) electrons. The summed E-state index contributed by atoms with van der Waals surface area (Å²) in [5.41, 5.74) is 6.90. The minimum atomic E-state index is -0.569. The summed E-state index contributed by atoms with van der Waals surface area (Å²) in [5.74, 6) is 0.254. The highest BCUT2D eigenvalue weighted by Gasteiger charge is 2.12. The average molecular weight is 243 g/mol. The van der Waals surface area contributed by atoms with Gasteiger partial charge in [0.05, 0.1) is 18.8 Å². The van der Waals surface area contributed by atoms with E-state index in [2.05, 4.69) is 5.32 Å². The van der Waals surface area contributed by atoms with Crippen molar-refractivity contribution >= 4 is 23.2 Å². The lowest BCUT2D eigenvalue weighted by Gasteiger charge is -2.13. The third-order valence-electron chi connectivity index (χ3n) is 2.15. The van der Waals surface area contributed by atoms with Crippen molar-refractivity contribution in [2.45, 2.75) is 19.9 Å². The number of benzene rings is 1. The zero-order valence-corrected chi connectivity index (χ0v) is 10.3. The first-order valence-corrected chi connectivity index (χ1v) is 5.24. The number of nitrogens with one attached hydrogen (secondary N) is 1. The molecule has 88 valence electrons. The highest BCUT2D eigenvalue weighted by Crippen LogP contribution is 2.30. The maximum Gasteiger partial charge on any atom is 0.241 e. The molecule has 1 amide bonds. The fraction of sp³-hybridized carbons (Fsp3) is 0.364. The molecule has 0 aliphatic heterocycles. The van der Waals surface area contributed by atoms with E-state index < -0.39 is 6.04 Å². The van der Waals surface area contributed by atoms with Crippen LogP contribution >= 0.6 is 11.6 Å². The van der Waals surface area contributed by atoms with Crippen LogP contribution in [0.3, 0.4) is 0 Å². The van der Waals surface area contributed by atoms with Gasteiger partial charge in [0.1, 0.15) is 5.75 Å². The topological polar surface area (TPSA) is 64.3 Å². The molecule has 0 spiro atoms. The predicted octanol–water partition coefficient (Wildman–Crippen LogP) is 1.94. The lowest BCUT2D eigenvalue weighted by atomic mass is 10.2. The van der Waals surface area contributed by atoms with E-state index in [1.54, 1.807) is 19.1 Å². The molecule has 16 heavy (non-hydrogen) atoms. The summed E-state index contributed by atoms with van der Waals surface area (Å²) in [6, 6.07) is 2.84. The fourth-order valence-electron chi connectivity index (χ4n) is 1.18. The molecule has 3 N–H and O–H groups in total. The molecule has 0 unspecified atom stereocenters. The Bertz CT molecular complexity index is 405. The third kappa shape index (κ3) is 2.87. The second-order valence-corrected chi connectivity index (χ2v) is 3.99. The van der Waals surface area contributed by atoms with Crippen LogP contribution < -0.4 is 15.8 Å². The summed E-state index contributed by atoms with van der Waals surface area (Å²) in [6.07, 6.45) is 0. The van der Waals surface area contributed by atoms with Gasteiger partial charge in [0.15, 0.2) is 0 Å². The zero-order chi connectivity index (χ0) is 12.3. The van der Waals surface area contributed by atoms with Crippen molar-refractivity contribution in [3.8, 4) is 5.75 Å². The SMILES string of the molecule is COc1cc(Cl)c(C)cc1NC(=O)[C@@H](C)N. The number of halogens is 1. The number of rotatable bonds is 3. The monoisotopic (exact) mass is 242 g/mol. The summed E-state index contributed by atoms with van der Waals surface area (Å²) in [7, 11) is 1.52.